The van der Waals surface area contributed by atoms with Gasteiger partial charge in [-0.1, -0.05) is 44.7 Å². The van der Waals surface area contributed by atoms with Crippen LogP contribution in [0.25, 0.3) is 11.1 Å². The lowest BCUT2D eigenvalue weighted by Gasteiger charge is -2.32. The Morgan fingerprint density at radius 2 is 1.53 bits per heavy atom. The first-order chi connectivity index (χ1) is 15.0. The quantitative estimate of drug-likeness (QED) is 0.292. The highest BCUT2D eigenvalue weighted by atomic mass is 16.7. The van der Waals surface area contributed by atoms with E-state index in [0.29, 0.717) is 0 Å². The monoisotopic (exact) mass is 434 g/mol. The molecular formula is C26H31BO5. The fraction of sp³-hybridized carbons (Fsp3) is 0.423. The Balaban J connectivity index is 1.56. The Kier molecular flexibility index (Phi) is 5.50. The van der Waals surface area contributed by atoms with E-state index in [0.717, 1.165) is 17.3 Å². The summed E-state index contributed by atoms with van der Waals surface area (Å²) in [6.45, 7) is 16.6. The van der Waals surface area contributed by atoms with Crippen molar-refractivity contribution < 1.29 is 23.6 Å². The topological polar surface area (TPSA) is 54.0 Å². The zero-order valence-corrected chi connectivity index (χ0v) is 19.8. The molecule has 1 heterocycles. The lowest BCUT2D eigenvalue weighted by atomic mass is 9.74. The molecule has 0 bridgehead atoms. The van der Waals surface area contributed by atoms with Crippen LogP contribution in [0, 0.1) is 0 Å². The van der Waals surface area contributed by atoms with Crippen molar-refractivity contribution in [2.75, 3.05) is 13.2 Å². The van der Waals surface area contributed by atoms with Crippen LogP contribution in [0.5, 0.6) is 5.75 Å². The molecule has 4 rings (SSSR count). The second-order valence-corrected chi connectivity index (χ2v) is 9.95. The molecule has 0 N–H and O–H groups in total. The molecule has 168 valence electrons. The molecule has 1 aliphatic heterocycles. The highest BCUT2D eigenvalue weighted by Crippen LogP contribution is 2.49. The number of ether oxygens (including phenoxy) is 2. The number of benzene rings is 2. The van der Waals surface area contributed by atoms with Crippen LogP contribution >= 0.6 is 0 Å². The third-order valence-electron chi connectivity index (χ3n) is 6.96. The number of carbonyl (C=O) groups is 1. The van der Waals surface area contributed by atoms with E-state index in [2.05, 4.69) is 78.5 Å². The van der Waals surface area contributed by atoms with Gasteiger partial charge in [0.05, 0.1) is 11.2 Å². The zero-order chi connectivity index (χ0) is 23.3. The van der Waals surface area contributed by atoms with E-state index in [9.17, 15) is 4.79 Å². The van der Waals surface area contributed by atoms with Gasteiger partial charge in [0, 0.05) is 11.5 Å². The molecule has 0 aromatic heterocycles. The van der Waals surface area contributed by atoms with E-state index in [4.69, 9.17) is 18.8 Å². The van der Waals surface area contributed by atoms with Crippen molar-refractivity contribution >= 4 is 18.6 Å². The number of carbonyl (C=O) groups excluding carboxylic acids is 1. The summed E-state index contributed by atoms with van der Waals surface area (Å²) < 4.78 is 23.3. The van der Waals surface area contributed by atoms with Gasteiger partial charge < -0.3 is 18.8 Å². The zero-order valence-electron chi connectivity index (χ0n) is 19.8. The first-order valence-electron chi connectivity index (χ1n) is 11.0. The van der Waals surface area contributed by atoms with Crippen LogP contribution in [0.2, 0.25) is 0 Å². The third kappa shape index (κ3) is 3.76. The summed E-state index contributed by atoms with van der Waals surface area (Å²) in [6, 6.07) is 12.6. The summed E-state index contributed by atoms with van der Waals surface area (Å²) in [5, 5.41) is 0. The van der Waals surface area contributed by atoms with Crippen LogP contribution in [0.3, 0.4) is 0 Å². The van der Waals surface area contributed by atoms with Crippen molar-refractivity contribution in [2.24, 2.45) is 0 Å². The van der Waals surface area contributed by atoms with Gasteiger partial charge in [-0.25, -0.2) is 4.79 Å². The summed E-state index contributed by atoms with van der Waals surface area (Å²) in [6.07, 6.45) is 1.15. The van der Waals surface area contributed by atoms with E-state index >= 15 is 0 Å². The molecule has 2 aromatic carbocycles. The number of esters is 1. The Labute approximate surface area is 190 Å². The maximum atomic E-state index is 11.2. The number of hydrogen-bond acceptors (Lipinski definition) is 5. The minimum atomic E-state index is -0.447. The lowest BCUT2D eigenvalue weighted by Crippen LogP contribution is -2.41. The minimum absolute atomic E-state index is 0.184. The van der Waals surface area contributed by atoms with Crippen LogP contribution in [0.1, 0.15) is 52.7 Å². The van der Waals surface area contributed by atoms with Crippen molar-refractivity contribution in [3.63, 3.8) is 0 Å². The van der Waals surface area contributed by atoms with E-state index < -0.39 is 5.97 Å². The molecule has 2 aliphatic rings. The molecule has 0 atom stereocenters. The van der Waals surface area contributed by atoms with Crippen LogP contribution in [-0.2, 0) is 24.3 Å². The van der Waals surface area contributed by atoms with Gasteiger partial charge in [-0.3, -0.25) is 0 Å². The molecule has 2 aromatic rings. The molecule has 0 radical (unpaired) electrons. The summed E-state index contributed by atoms with van der Waals surface area (Å²) >= 11 is 0. The minimum Gasteiger partial charge on any atom is -0.490 e. The normalized spacial score (nSPS) is 19.2. The van der Waals surface area contributed by atoms with E-state index in [1.165, 1.54) is 22.3 Å². The molecule has 0 spiro atoms. The highest BCUT2D eigenvalue weighted by Gasteiger charge is 2.52. The molecule has 32 heavy (non-hydrogen) atoms. The highest BCUT2D eigenvalue weighted by molar-refractivity contribution is 6.62. The summed E-state index contributed by atoms with van der Waals surface area (Å²) in [5.74, 6) is 0.308. The fourth-order valence-electron chi connectivity index (χ4n) is 4.31. The molecule has 5 nitrogen and oxygen atoms in total. The smallest absolute Gasteiger partial charge is 0.490 e. The van der Waals surface area contributed by atoms with Gasteiger partial charge in [-0.2, -0.15) is 0 Å². The average molecular weight is 434 g/mol. The van der Waals surface area contributed by atoms with E-state index in [-0.39, 0.29) is 36.9 Å². The summed E-state index contributed by atoms with van der Waals surface area (Å²) in [4.78, 5) is 11.2. The van der Waals surface area contributed by atoms with Crippen LogP contribution in [0.15, 0.2) is 49.1 Å². The number of hydrogen-bond donors (Lipinski definition) is 0. The van der Waals surface area contributed by atoms with Gasteiger partial charge in [0.1, 0.15) is 19.0 Å². The fourth-order valence-corrected chi connectivity index (χ4v) is 4.31. The molecule has 1 saturated heterocycles. The summed E-state index contributed by atoms with van der Waals surface area (Å²) in [5.41, 5.74) is 4.97. The average Bonchev–Trinajstić information content (AvgIpc) is 3.10. The van der Waals surface area contributed by atoms with Gasteiger partial charge in [0.25, 0.3) is 0 Å². The first-order valence-corrected chi connectivity index (χ1v) is 11.0. The third-order valence-corrected chi connectivity index (χ3v) is 6.96. The van der Waals surface area contributed by atoms with Crippen LogP contribution in [-0.4, -0.2) is 37.5 Å². The van der Waals surface area contributed by atoms with E-state index in [1.54, 1.807) is 0 Å². The van der Waals surface area contributed by atoms with Gasteiger partial charge in [-0.15, -0.1) is 0 Å². The largest absolute Gasteiger partial charge is 0.494 e. The Bertz CT molecular complexity index is 1050. The van der Waals surface area contributed by atoms with Crippen LogP contribution < -0.4 is 10.2 Å². The van der Waals surface area contributed by atoms with Crippen molar-refractivity contribution in [1.82, 2.24) is 0 Å². The van der Waals surface area contributed by atoms with Crippen molar-refractivity contribution in [3.8, 4) is 16.9 Å². The molecule has 0 saturated carbocycles. The standard InChI is InChI=1S/C26H31BO5/c1-8-23(28)30-14-13-29-18-10-12-20-19-11-9-17(15-21(19)24(2,3)22(20)16-18)27-31-25(4,5)26(6,7)32-27/h8-12,15-16H,1,13-14H2,2-7H3. The second kappa shape index (κ2) is 7.78. The number of rotatable bonds is 6. The van der Waals surface area contributed by atoms with Crippen molar-refractivity contribution in [3.05, 3.63) is 60.2 Å². The molecule has 6 heteroatoms. The molecule has 1 aliphatic carbocycles. The second-order valence-electron chi connectivity index (χ2n) is 9.95. The van der Waals surface area contributed by atoms with Crippen molar-refractivity contribution in [1.29, 1.82) is 0 Å². The van der Waals surface area contributed by atoms with Gasteiger partial charge in [0.2, 0.25) is 0 Å². The van der Waals surface area contributed by atoms with Gasteiger partial charge in [0.15, 0.2) is 0 Å². The molecule has 1 fully saturated rings. The number of fused-ring (bicyclic) bond motifs is 3. The maximum Gasteiger partial charge on any atom is 0.494 e. The Morgan fingerprint density at radius 1 is 0.938 bits per heavy atom. The predicted molar refractivity (Wildman–Crippen MR) is 126 cm³/mol. The molecule has 0 amide bonds. The SMILES string of the molecule is C=CC(=O)OCCOc1ccc2c(c1)C(C)(C)c1cc(B3OC(C)(C)C(C)(C)O3)ccc1-2. The maximum absolute atomic E-state index is 11.2. The Morgan fingerprint density at radius 3 is 2.16 bits per heavy atom. The molecule has 0 unspecified atom stereocenters. The molecular weight excluding hydrogens is 403 g/mol. The van der Waals surface area contributed by atoms with Crippen LogP contribution in [0.4, 0.5) is 0 Å². The van der Waals surface area contributed by atoms with Gasteiger partial charge >= 0.3 is 13.1 Å². The first kappa shape index (κ1) is 22.6. The van der Waals surface area contributed by atoms with Gasteiger partial charge in [-0.05, 0) is 67.5 Å². The Hall–Kier alpha value is -2.57. The van der Waals surface area contributed by atoms with E-state index in [1.807, 2.05) is 6.07 Å². The van der Waals surface area contributed by atoms with Crippen molar-refractivity contribution in [2.45, 2.75) is 58.2 Å². The lowest BCUT2D eigenvalue weighted by molar-refractivity contribution is -0.138. The predicted octanol–water partition coefficient (Wildman–Crippen LogP) is 4.40. The summed E-state index contributed by atoms with van der Waals surface area (Å²) in [7, 11) is -0.387.